The van der Waals surface area contributed by atoms with Gasteiger partial charge in [0.25, 0.3) is 0 Å². The number of rotatable bonds is 3. The van der Waals surface area contributed by atoms with Crippen molar-refractivity contribution in [2.45, 2.75) is 6.92 Å². The van der Waals surface area contributed by atoms with E-state index >= 15 is 0 Å². The molecular weight excluding hydrogens is 298 g/mol. The topological polar surface area (TPSA) is 21.3 Å². The molecule has 0 bridgehead atoms. The van der Waals surface area contributed by atoms with Crippen molar-refractivity contribution in [1.29, 1.82) is 0 Å². The van der Waals surface area contributed by atoms with Crippen LogP contribution in [0.2, 0.25) is 0 Å². The summed E-state index contributed by atoms with van der Waals surface area (Å²) in [4.78, 5) is 0. The van der Waals surface area contributed by atoms with E-state index in [-0.39, 0.29) is 17.0 Å². The second-order valence-electron chi connectivity index (χ2n) is 2.37. The number of benzene rings is 1. The van der Waals surface area contributed by atoms with Crippen LogP contribution in [0.1, 0.15) is 6.92 Å². The van der Waals surface area contributed by atoms with Gasteiger partial charge in [-0.1, -0.05) is 15.9 Å². The van der Waals surface area contributed by atoms with E-state index in [4.69, 9.17) is 4.74 Å². The molecule has 74 valence electrons. The van der Waals surface area contributed by atoms with Crippen molar-refractivity contribution in [3.63, 3.8) is 0 Å². The van der Waals surface area contributed by atoms with Gasteiger partial charge in [-0.05, 0) is 25.1 Å². The number of anilines is 1. The maximum Gasteiger partial charge on any atom is 0.143 e. The van der Waals surface area contributed by atoms with Gasteiger partial charge in [0.05, 0.1) is 12.8 Å². The van der Waals surface area contributed by atoms with Gasteiger partial charge < -0.3 is 10.1 Å². The van der Waals surface area contributed by atoms with Gasteiger partial charge >= 0.3 is 0 Å². The van der Waals surface area contributed by atoms with Crippen LogP contribution in [0.5, 0.6) is 5.75 Å². The lowest BCUT2D eigenvalue weighted by atomic mass is 10.3. The monoisotopic (exact) mass is 309 g/mol. The molecule has 0 aliphatic rings. The molecule has 13 heavy (non-hydrogen) atoms. The average molecular weight is 311 g/mol. The summed E-state index contributed by atoms with van der Waals surface area (Å²) in [6, 6.07) is 5.92. The van der Waals surface area contributed by atoms with Crippen molar-refractivity contribution in [3.8, 4) is 5.75 Å². The van der Waals surface area contributed by atoms with Gasteiger partial charge in [-0.25, -0.2) is 0 Å². The molecule has 1 aromatic carbocycles. The van der Waals surface area contributed by atoms with Gasteiger partial charge in [-0.3, -0.25) is 0 Å². The Morgan fingerprint density at radius 2 is 2.15 bits per heavy atom. The van der Waals surface area contributed by atoms with Crippen LogP contribution in [-0.2, 0) is 0 Å². The zero-order chi connectivity index (χ0) is 8.97. The molecule has 1 rings (SSSR count). The van der Waals surface area contributed by atoms with Gasteiger partial charge in [0.2, 0.25) is 0 Å². The van der Waals surface area contributed by atoms with Crippen LogP contribution in [-0.4, -0.2) is 13.7 Å². The highest BCUT2D eigenvalue weighted by molar-refractivity contribution is 9.10. The Kier molecular flexibility index (Phi) is 6.16. The summed E-state index contributed by atoms with van der Waals surface area (Å²) in [5, 5.41) is 3.21. The first-order valence-electron chi connectivity index (χ1n) is 3.85. The van der Waals surface area contributed by atoms with Gasteiger partial charge in [-0.2, -0.15) is 0 Å². The van der Waals surface area contributed by atoms with E-state index in [9.17, 15) is 0 Å². The Bertz CT molecular complexity index is 266. The van der Waals surface area contributed by atoms with Crippen LogP contribution in [0.3, 0.4) is 0 Å². The number of methoxy groups -OCH3 is 1. The van der Waals surface area contributed by atoms with Crippen LogP contribution in [0.4, 0.5) is 5.69 Å². The highest BCUT2D eigenvalue weighted by Crippen LogP contribution is 2.27. The Hall–Kier alpha value is -0.220. The lowest BCUT2D eigenvalue weighted by molar-refractivity contribution is 0.416. The van der Waals surface area contributed by atoms with Crippen molar-refractivity contribution < 1.29 is 4.74 Å². The summed E-state index contributed by atoms with van der Waals surface area (Å²) in [5.41, 5.74) is 1.03. The number of nitrogens with one attached hydrogen (secondary N) is 1. The molecule has 0 spiro atoms. The Morgan fingerprint density at radius 3 is 2.69 bits per heavy atom. The van der Waals surface area contributed by atoms with E-state index in [1.54, 1.807) is 7.11 Å². The Balaban J connectivity index is 0.00000144. The first-order valence-corrected chi connectivity index (χ1v) is 4.64. The zero-order valence-corrected chi connectivity index (χ0v) is 10.9. The zero-order valence-electron chi connectivity index (χ0n) is 7.63. The number of hydrogen-bond acceptors (Lipinski definition) is 2. The van der Waals surface area contributed by atoms with E-state index in [1.165, 1.54) is 0 Å². The summed E-state index contributed by atoms with van der Waals surface area (Å²) in [6.07, 6.45) is 0. The maximum atomic E-state index is 5.19. The van der Waals surface area contributed by atoms with Gasteiger partial charge in [0.1, 0.15) is 5.75 Å². The third-order valence-corrected chi connectivity index (χ3v) is 2.02. The van der Waals surface area contributed by atoms with Gasteiger partial charge in [-0.15, -0.1) is 17.0 Å². The van der Waals surface area contributed by atoms with E-state index in [1.807, 2.05) is 18.2 Å². The summed E-state index contributed by atoms with van der Waals surface area (Å²) in [7, 11) is 1.67. The molecule has 2 nitrogen and oxygen atoms in total. The maximum absolute atomic E-state index is 5.19. The molecule has 0 heterocycles. The molecule has 0 unspecified atom stereocenters. The lowest BCUT2D eigenvalue weighted by Gasteiger charge is -2.09. The van der Waals surface area contributed by atoms with Crippen molar-refractivity contribution in [1.82, 2.24) is 0 Å². The van der Waals surface area contributed by atoms with Crippen LogP contribution >= 0.6 is 32.9 Å². The molecule has 0 saturated heterocycles. The second-order valence-corrected chi connectivity index (χ2v) is 3.29. The molecule has 0 aliphatic heterocycles. The minimum absolute atomic E-state index is 0. The molecule has 1 aromatic rings. The molecule has 0 fully saturated rings. The van der Waals surface area contributed by atoms with E-state index in [0.29, 0.717) is 0 Å². The van der Waals surface area contributed by atoms with Crippen molar-refractivity contribution in [2.75, 3.05) is 19.0 Å². The first-order chi connectivity index (χ1) is 5.77. The van der Waals surface area contributed by atoms with E-state index in [2.05, 4.69) is 28.2 Å². The summed E-state index contributed by atoms with van der Waals surface area (Å²) in [6.45, 7) is 2.96. The average Bonchev–Trinajstić information content (AvgIpc) is 2.08. The van der Waals surface area contributed by atoms with Crippen molar-refractivity contribution in [2.24, 2.45) is 0 Å². The van der Waals surface area contributed by atoms with E-state index < -0.39 is 0 Å². The molecule has 0 atom stereocenters. The fraction of sp³-hybridized carbons (Fsp3) is 0.333. The molecule has 0 amide bonds. The highest BCUT2D eigenvalue weighted by atomic mass is 79.9. The molecule has 4 heteroatoms. The highest BCUT2D eigenvalue weighted by Gasteiger charge is 2.00. The van der Waals surface area contributed by atoms with Crippen LogP contribution in [0.25, 0.3) is 0 Å². The predicted molar refractivity (Wildman–Crippen MR) is 65.2 cm³/mol. The summed E-state index contributed by atoms with van der Waals surface area (Å²) < 4.78 is 6.21. The smallest absolute Gasteiger partial charge is 0.143 e. The molecule has 0 aliphatic carbocycles. The molecule has 1 N–H and O–H groups in total. The number of hydrogen-bond donors (Lipinski definition) is 1. The molecule has 0 saturated carbocycles. The Labute approximate surface area is 97.6 Å². The van der Waals surface area contributed by atoms with Crippen molar-refractivity contribution >= 4 is 38.6 Å². The quantitative estimate of drug-likeness (QED) is 0.923. The SMILES string of the molecule is Br.CCNc1ccc(Br)cc1OC. The standard InChI is InChI=1S/C9H12BrNO.BrH/c1-3-11-8-5-4-7(10)6-9(8)12-2;/h4-6,11H,3H2,1-2H3;1H. The fourth-order valence-electron chi connectivity index (χ4n) is 1.00. The molecule has 0 radical (unpaired) electrons. The third-order valence-electron chi connectivity index (χ3n) is 1.53. The Morgan fingerprint density at radius 1 is 1.46 bits per heavy atom. The second kappa shape index (κ2) is 6.27. The van der Waals surface area contributed by atoms with Gasteiger partial charge in [0, 0.05) is 11.0 Å². The first kappa shape index (κ1) is 12.8. The third kappa shape index (κ3) is 3.56. The van der Waals surface area contributed by atoms with Crippen LogP contribution < -0.4 is 10.1 Å². The lowest BCUT2D eigenvalue weighted by Crippen LogP contribution is -1.98. The summed E-state index contributed by atoms with van der Waals surface area (Å²) >= 11 is 3.38. The number of halogens is 2. The van der Waals surface area contributed by atoms with Crippen LogP contribution in [0, 0.1) is 0 Å². The summed E-state index contributed by atoms with van der Waals surface area (Å²) in [5.74, 6) is 0.867. The minimum Gasteiger partial charge on any atom is -0.495 e. The normalized spacial score (nSPS) is 8.85. The fourth-order valence-corrected chi connectivity index (χ4v) is 1.34. The number of ether oxygens (including phenoxy) is 1. The molecule has 0 aromatic heterocycles. The predicted octanol–water partition coefficient (Wildman–Crippen LogP) is 3.47. The molecular formula is C9H13Br2NO. The largest absolute Gasteiger partial charge is 0.495 e. The minimum atomic E-state index is 0. The van der Waals surface area contributed by atoms with Crippen molar-refractivity contribution in [3.05, 3.63) is 22.7 Å². The van der Waals surface area contributed by atoms with Crippen LogP contribution in [0.15, 0.2) is 22.7 Å². The van der Waals surface area contributed by atoms with E-state index in [0.717, 1.165) is 22.5 Å². The van der Waals surface area contributed by atoms with Gasteiger partial charge in [0.15, 0.2) is 0 Å².